The zero-order valence-electron chi connectivity index (χ0n) is 8.12. The second-order valence-electron chi connectivity index (χ2n) is 3.37. The Kier molecular flexibility index (Phi) is 3.58. The highest BCUT2D eigenvalue weighted by atomic mass is 127. The molecule has 2 heterocycles. The van der Waals surface area contributed by atoms with E-state index in [1.807, 2.05) is 0 Å². The Balaban J connectivity index is 2.20. The molecule has 0 saturated carbocycles. The molecule has 4 heteroatoms. The smallest absolute Gasteiger partial charge is 0.221 e. The molecular weight excluding hydrogens is 289 g/mol. The molecule has 0 amide bonds. The molecule has 1 fully saturated rings. The molecule has 76 valence electrons. The van der Waals surface area contributed by atoms with Crippen LogP contribution >= 0.6 is 22.6 Å². The normalized spacial score (nSPS) is 17.1. The number of aromatic nitrogens is 1. The average molecular weight is 304 g/mol. The van der Waals surface area contributed by atoms with Crippen LogP contribution in [0.1, 0.15) is 5.69 Å². The predicted octanol–water partition coefficient (Wildman–Crippen LogP) is 0.450. The molecule has 0 aromatic carbocycles. The third-order valence-electron chi connectivity index (χ3n) is 2.46. The second-order valence-corrected chi connectivity index (χ2v) is 4.14. The number of halogens is 1. The van der Waals surface area contributed by atoms with Gasteiger partial charge in [0, 0.05) is 25.2 Å². The molecule has 2 rings (SSSR count). The van der Waals surface area contributed by atoms with Gasteiger partial charge in [0.05, 0.1) is 17.5 Å². The van der Waals surface area contributed by atoms with E-state index in [9.17, 15) is 0 Å². The second kappa shape index (κ2) is 4.93. The van der Waals surface area contributed by atoms with E-state index in [1.54, 1.807) is 0 Å². The molecule has 1 N–H and O–H groups in total. The lowest BCUT2D eigenvalue weighted by molar-refractivity contribution is -0.699. The number of alkyl halides is 1. The van der Waals surface area contributed by atoms with Crippen molar-refractivity contribution in [1.29, 1.82) is 0 Å². The van der Waals surface area contributed by atoms with Crippen LogP contribution in [0.3, 0.4) is 0 Å². The van der Waals surface area contributed by atoms with Gasteiger partial charge in [0.25, 0.3) is 0 Å². The van der Waals surface area contributed by atoms with Gasteiger partial charge in [-0.05, 0) is 6.07 Å². The Morgan fingerprint density at radius 3 is 2.86 bits per heavy atom. The van der Waals surface area contributed by atoms with Gasteiger partial charge in [-0.25, -0.2) is 0 Å². The summed E-state index contributed by atoms with van der Waals surface area (Å²) in [5.41, 5.74) is 1.37. The minimum absolute atomic E-state index is 1.06. The molecule has 0 radical (unpaired) electrons. The van der Waals surface area contributed by atoms with Crippen LogP contribution in [-0.4, -0.2) is 26.2 Å². The van der Waals surface area contributed by atoms with Crippen molar-refractivity contribution in [1.82, 2.24) is 5.32 Å². The van der Waals surface area contributed by atoms with Crippen molar-refractivity contribution in [2.75, 3.05) is 31.2 Å². The maximum Gasteiger partial charge on any atom is 0.221 e. The first-order valence-electron chi connectivity index (χ1n) is 4.93. The van der Waals surface area contributed by atoms with Crippen molar-refractivity contribution < 1.29 is 4.68 Å². The Labute approximate surface area is 98.2 Å². The summed E-state index contributed by atoms with van der Waals surface area (Å²) < 4.78 is 3.34. The van der Waals surface area contributed by atoms with Crippen LogP contribution in [0.2, 0.25) is 0 Å². The lowest BCUT2D eigenvalue weighted by Crippen LogP contribution is -2.65. The van der Waals surface area contributed by atoms with E-state index in [0.717, 1.165) is 30.6 Å². The largest absolute Gasteiger partial charge is 0.313 e. The maximum absolute atomic E-state index is 3.37. The topological polar surface area (TPSA) is 19.1 Å². The van der Waals surface area contributed by atoms with Crippen LogP contribution in [0, 0.1) is 0 Å². The molecule has 0 unspecified atom stereocenters. The highest BCUT2D eigenvalue weighted by molar-refractivity contribution is 14.1. The third kappa shape index (κ3) is 2.17. The molecule has 3 nitrogen and oxygen atoms in total. The molecule has 0 aliphatic carbocycles. The average Bonchev–Trinajstić information content (AvgIpc) is 2.30. The summed E-state index contributed by atoms with van der Waals surface area (Å²) in [5, 5.41) is 5.76. The quantitative estimate of drug-likeness (QED) is 0.486. The first-order valence-corrected chi connectivity index (χ1v) is 6.46. The molecule has 1 saturated heterocycles. The zero-order chi connectivity index (χ0) is 9.80. The highest BCUT2D eigenvalue weighted by Gasteiger charge is 2.19. The zero-order valence-corrected chi connectivity index (χ0v) is 10.3. The van der Waals surface area contributed by atoms with Gasteiger partial charge >= 0.3 is 0 Å². The first kappa shape index (κ1) is 10.2. The fourth-order valence-electron chi connectivity index (χ4n) is 1.72. The molecule has 1 aromatic rings. The molecule has 0 atom stereocenters. The van der Waals surface area contributed by atoms with Gasteiger partial charge in [0.15, 0.2) is 6.20 Å². The van der Waals surface area contributed by atoms with Gasteiger partial charge < -0.3 is 5.32 Å². The number of nitrogens with one attached hydrogen (secondary N) is 1. The summed E-state index contributed by atoms with van der Waals surface area (Å²) in [5.74, 6) is 0. The molecule has 0 bridgehead atoms. The van der Waals surface area contributed by atoms with Crippen molar-refractivity contribution in [2.24, 2.45) is 0 Å². The minimum atomic E-state index is 1.06. The number of hydrogen-bond donors (Lipinski definition) is 1. The standard InChI is InChI=1S/C10H15IN3/c11-9-10-3-1-2-6-14(10)13-7-4-12-5-8-13/h1-3,6,12H,4-5,7-9H2/q+1. The molecule has 1 aromatic heterocycles. The summed E-state index contributed by atoms with van der Waals surface area (Å²) in [7, 11) is 0. The van der Waals surface area contributed by atoms with E-state index in [2.05, 4.69) is 62.0 Å². The fourth-order valence-corrected chi connectivity index (χ4v) is 2.32. The van der Waals surface area contributed by atoms with Crippen molar-refractivity contribution in [3.8, 4) is 0 Å². The van der Waals surface area contributed by atoms with E-state index in [4.69, 9.17) is 0 Å². The van der Waals surface area contributed by atoms with Gasteiger partial charge in [-0.15, -0.1) is 0 Å². The van der Waals surface area contributed by atoms with Gasteiger partial charge in [-0.3, -0.25) is 0 Å². The lowest BCUT2D eigenvalue weighted by atomic mass is 10.3. The predicted molar refractivity (Wildman–Crippen MR) is 65.2 cm³/mol. The van der Waals surface area contributed by atoms with E-state index in [-0.39, 0.29) is 0 Å². The van der Waals surface area contributed by atoms with Gasteiger partial charge in [0.1, 0.15) is 0 Å². The van der Waals surface area contributed by atoms with Gasteiger partial charge in [-0.1, -0.05) is 27.3 Å². The molecular formula is C10H15IN3+. The lowest BCUT2D eigenvalue weighted by Gasteiger charge is -2.23. The summed E-state index contributed by atoms with van der Waals surface area (Å²) in [4.78, 5) is 0. The third-order valence-corrected chi connectivity index (χ3v) is 3.24. The number of piperazine rings is 1. The fraction of sp³-hybridized carbons (Fsp3) is 0.500. The van der Waals surface area contributed by atoms with Crippen LogP contribution < -0.4 is 15.0 Å². The van der Waals surface area contributed by atoms with Crippen LogP contribution in [0.15, 0.2) is 24.4 Å². The van der Waals surface area contributed by atoms with E-state index in [1.165, 1.54) is 5.69 Å². The van der Waals surface area contributed by atoms with Crippen molar-refractivity contribution in [2.45, 2.75) is 4.43 Å². The number of nitrogens with zero attached hydrogens (tertiary/aromatic N) is 2. The van der Waals surface area contributed by atoms with Crippen LogP contribution in [0.5, 0.6) is 0 Å². The Hall–Kier alpha value is -0.360. The molecule has 0 spiro atoms. The van der Waals surface area contributed by atoms with Crippen molar-refractivity contribution in [3.05, 3.63) is 30.1 Å². The number of rotatable bonds is 2. The Morgan fingerprint density at radius 2 is 2.14 bits per heavy atom. The summed E-state index contributed by atoms with van der Waals surface area (Å²) >= 11 is 2.41. The van der Waals surface area contributed by atoms with Crippen LogP contribution in [0.25, 0.3) is 0 Å². The van der Waals surface area contributed by atoms with Gasteiger partial charge in [-0.2, -0.15) is 5.01 Å². The summed E-state index contributed by atoms with van der Waals surface area (Å²) in [6, 6.07) is 6.39. The molecule has 1 aliphatic rings. The Morgan fingerprint density at radius 1 is 1.36 bits per heavy atom. The van der Waals surface area contributed by atoms with Gasteiger partial charge in [0.2, 0.25) is 5.69 Å². The number of pyridine rings is 1. The SMILES string of the molecule is ICc1cccc[n+]1N1CCNCC1. The molecule has 1 aliphatic heterocycles. The van der Waals surface area contributed by atoms with Crippen LogP contribution in [0.4, 0.5) is 0 Å². The number of hydrogen-bond acceptors (Lipinski definition) is 2. The summed E-state index contributed by atoms with van der Waals surface area (Å²) in [6.45, 7) is 4.36. The van der Waals surface area contributed by atoms with Crippen molar-refractivity contribution in [3.63, 3.8) is 0 Å². The Bertz CT molecular complexity index is 297. The monoisotopic (exact) mass is 304 g/mol. The van der Waals surface area contributed by atoms with E-state index >= 15 is 0 Å². The maximum atomic E-state index is 3.37. The molecule has 14 heavy (non-hydrogen) atoms. The van der Waals surface area contributed by atoms with Crippen molar-refractivity contribution >= 4 is 22.6 Å². The van der Waals surface area contributed by atoms with E-state index < -0.39 is 0 Å². The first-order chi connectivity index (χ1) is 6.92. The van der Waals surface area contributed by atoms with E-state index in [0.29, 0.717) is 0 Å². The highest BCUT2D eigenvalue weighted by Crippen LogP contribution is 1.99. The minimum Gasteiger partial charge on any atom is -0.313 e. The summed E-state index contributed by atoms with van der Waals surface area (Å²) in [6.07, 6.45) is 2.15. The van der Waals surface area contributed by atoms with Crippen LogP contribution in [-0.2, 0) is 4.43 Å².